The molecule has 0 atom stereocenters. The number of amidine groups is 1. The van der Waals surface area contributed by atoms with Crippen LogP contribution >= 0.6 is 0 Å². The predicted molar refractivity (Wildman–Crippen MR) is 58.9 cm³/mol. The highest BCUT2D eigenvalue weighted by Gasteiger charge is 2.13. The van der Waals surface area contributed by atoms with E-state index in [0.717, 1.165) is 17.3 Å². The molecule has 2 aromatic rings. The Morgan fingerprint density at radius 2 is 2.13 bits per heavy atom. The number of hydrogen-bond acceptors (Lipinski definition) is 3. The Morgan fingerprint density at radius 3 is 3.00 bits per heavy atom. The molecule has 4 heteroatoms. The maximum Gasteiger partial charge on any atom is 0.173 e. The minimum Gasteiger partial charge on any atom is -0.342 e. The van der Waals surface area contributed by atoms with Gasteiger partial charge >= 0.3 is 0 Å². The van der Waals surface area contributed by atoms with E-state index in [2.05, 4.69) is 26.3 Å². The first-order valence-electron chi connectivity index (χ1n) is 4.82. The molecule has 2 N–H and O–H groups in total. The monoisotopic (exact) mass is 198 g/mol. The second kappa shape index (κ2) is 3.24. The summed E-state index contributed by atoms with van der Waals surface area (Å²) >= 11 is 0. The van der Waals surface area contributed by atoms with Crippen LogP contribution in [-0.2, 0) is 6.54 Å². The minimum atomic E-state index is 0.708. The highest BCUT2D eigenvalue weighted by atomic mass is 15.1. The van der Waals surface area contributed by atoms with E-state index < -0.39 is 0 Å². The van der Waals surface area contributed by atoms with Crippen molar-refractivity contribution < 1.29 is 0 Å². The molecule has 0 aliphatic carbocycles. The number of H-pyrrole nitrogens is 1. The number of aromatic amines is 1. The Labute approximate surface area is 87.1 Å². The van der Waals surface area contributed by atoms with E-state index in [0.29, 0.717) is 6.54 Å². The number of benzene rings is 1. The minimum absolute atomic E-state index is 0.708. The van der Waals surface area contributed by atoms with Gasteiger partial charge in [-0.25, -0.2) is 4.98 Å². The molecule has 1 aromatic heterocycles. The summed E-state index contributed by atoms with van der Waals surface area (Å²) in [5.41, 5.74) is 2.33. The van der Waals surface area contributed by atoms with Crippen molar-refractivity contribution in [3.63, 3.8) is 0 Å². The molecule has 0 saturated carbocycles. The summed E-state index contributed by atoms with van der Waals surface area (Å²) in [6.07, 6.45) is 3.51. The molecule has 15 heavy (non-hydrogen) atoms. The van der Waals surface area contributed by atoms with Crippen LogP contribution in [0.5, 0.6) is 0 Å². The molecule has 1 aliphatic rings. The quantitative estimate of drug-likeness (QED) is 0.733. The maximum atomic E-state index is 4.43. The van der Waals surface area contributed by atoms with E-state index in [4.69, 9.17) is 0 Å². The van der Waals surface area contributed by atoms with Crippen molar-refractivity contribution in [2.75, 3.05) is 5.32 Å². The van der Waals surface area contributed by atoms with Crippen LogP contribution in [0.4, 0.5) is 5.69 Å². The third-order valence-electron chi connectivity index (χ3n) is 2.40. The fourth-order valence-corrected chi connectivity index (χ4v) is 1.64. The van der Waals surface area contributed by atoms with Gasteiger partial charge in [-0.05, 0) is 11.6 Å². The van der Waals surface area contributed by atoms with Crippen LogP contribution in [0, 0.1) is 0 Å². The predicted octanol–water partition coefficient (Wildman–Crippen LogP) is 1.78. The van der Waals surface area contributed by atoms with Gasteiger partial charge in [-0.2, -0.15) is 0 Å². The van der Waals surface area contributed by atoms with Gasteiger partial charge in [0.05, 0.1) is 6.54 Å². The Kier molecular flexibility index (Phi) is 1.78. The van der Waals surface area contributed by atoms with Crippen LogP contribution in [0.15, 0.2) is 41.7 Å². The fraction of sp³-hybridized carbons (Fsp3) is 0.0909. The average Bonchev–Trinajstić information content (AvgIpc) is 2.82. The molecule has 4 nitrogen and oxygen atoms in total. The molecule has 3 rings (SSSR count). The van der Waals surface area contributed by atoms with Crippen molar-refractivity contribution in [2.45, 2.75) is 6.54 Å². The Hall–Kier alpha value is -2.10. The number of aromatic nitrogens is 2. The summed E-state index contributed by atoms with van der Waals surface area (Å²) in [4.78, 5) is 11.6. The Bertz CT molecular complexity index is 499. The normalized spacial score (nSPS) is 14.0. The van der Waals surface area contributed by atoms with Crippen LogP contribution in [0.1, 0.15) is 11.4 Å². The highest BCUT2D eigenvalue weighted by molar-refractivity contribution is 6.07. The summed E-state index contributed by atoms with van der Waals surface area (Å²) in [7, 11) is 0. The molecule has 0 radical (unpaired) electrons. The summed E-state index contributed by atoms with van der Waals surface area (Å²) in [6, 6.07) is 8.16. The van der Waals surface area contributed by atoms with Gasteiger partial charge in [0.15, 0.2) is 11.7 Å². The van der Waals surface area contributed by atoms with Gasteiger partial charge in [-0.15, -0.1) is 0 Å². The Balaban J connectivity index is 1.96. The number of rotatable bonds is 1. The summed E-state index contributed by atoms with van der Waals surface area (Å²) < 4.78 is 0. The molecule has 0 unspecified atom stereocenters. The van der Waals surface area contributed by atoms with Gasteiger partial charge in [0, 0.05) is 18.1 Å². The van der Waals surface area contributed by atoms with E-state index >= 15 is 0 Å². The number of hydrogen-bond donors (Lipinski definition) is 2. The second-order valence-corrected chi connectivity index (χ2v) is 3.38. The zero-order valence-corrected chi connectivity index (χ0v) is 8.07. The molecule has 0 bridgehead atoms. The number of fused-ring (bicyclic) bond motifs is 1. The third-order valence-corrected chi connectivity index (χ3v) is 2.40. The number of nitrogens with zero attached hydrogens (tertiary/aromatic N) is 2. The standard InChI is InChI=1S/C11H10N4/c1-2-4-9-8(3-1)7-14-11(15-9)10-12-5-6-13-10/h1-6H,7H2,(H,12,13)(H,14,15). The van der Waals surface area contributed by atoms with Gasteiger partial charge in [0.1, 0.15) is 0 Å². The van der Waals surface area contributed by atoms with E-state index in [1.807, 2.05) is 18.2 Å². The van der Waals surface area contributed by atoms with E-state index in [1.165, 1.54) is 5.56 Å². The largest absolute Gasteiger partial charge is 0.342 e. The fourth-order valence-electron chi connectivity index (χ4n) is 1.64. The first-order valence-corrected chi connectivity index (χ1v) is 4.82. The van der Waals surface area contributed by atoms with Crippen molar-refractivity contribution >= 4 is 11.5 Å². The lowest BCUT2D eigenvalue weighted by Gasteiger charge is -2.16. The molecule has 1 aliphatic heterocycles. The third kappa shape index (κ3) is 1.40. The highest BCUT2D eigenvalue weighted by Crippen LogP contribution is 2.20. The van der Waals surface area contributed by atoms with Crippen molar-refractivity contribution in [1.29, 1.82) is 0 Å². The molecular formula is C11H10N4. The first-order chi connectivity index (χ1) is 7.43. The number of aliphatic imine (C=N–C) groups is 1. The lowest BCUT2D eigenvalue weighted by atomic mass is 10.1. The lowest BCUT2D eigenvalue weighted by molar-refractivity contribution is 1.04. The summed E-state index contributed by atoms with van der Waals surface area (Å²) in [5, 5.41) is 3.26. The smallest absolute Gasteiger partial charge is 0.173 e. The van der Waals surface area contributed by atoms with Gasteiger partial charge in [-0.3, -0.25) is 4.99 Å². The number of anilines is 1. The van der Waals surface area contributed by atoms with Crippen molar-refractivity contribution in [2.24, 2.45) is 4.99 Å². The molecular weight excluding hydrogens is 188 g/mol. The van der Waals surface area contributed by atoms with Crippen LogP contribution in [0.3, 0.4) is 0 Å². The van der Waals surface area contributed by atoms with Gasteiger partial charge in [-0.1, -0.05) is 18.2 Å². The van der Waals surface area contributed by atoms with Crippen LogP contribution in [0.25, 0.3) is 0 Å². The van der Waals surface area contributed by atoms with E-state index in [-0.39, 0.29) is 0 Å². The second-order valence-electron chi connectivity index (χ2n) is 3.38. The molecule has 0 saturated heterocycles. The summed E-state index contributed by atoms with van der Waals surface area (Å²) in [6.45, 7) is 0.708. The average molecular weight is 198 g/mol. The molecule has 2 heterocycles. The topological polar surface area (TPSA) is 53.1 Å². The number of nitrogens with one attached hydrogen (secondary N) is 2. The van der Waals surface area contributed by atoms with Crippen LogP contribution in [0.2, 0.25) is 0 Å². The van der Waals surface area contributed by atoms with Crippen molar-refractivity contribution in [3.05, 3.63) is 48.0 Å². The van der Waals surface area contributed by atoms with Crippen molar-refractivity contribution in [3.8, 4) is 0 Å². The molecule has 0 fully saturated rings. The van der Waals surface area contributed by atoms with Crippen molar-refractivity contribution in [1.82, 2.24) is 9.97 Å². The molecule has 1 aromatic carbocycles. The van der Waals surface area contributed by atoms with Gasteiger partial charge < -0.3 is 10.3 Å². The van der Waals surface area contributed by atoms with Crippen LogP contribution in [-0.4, -0.2) is 15.8 Å². The van der Waals surface area contributed by atoms with E-state index in [1.54, 1.807) is 12.4 Å². The first kappa shape index (κ1) is 8.23. The number of para-hydroxylation sites is 1. The Morgan fingerprint density at radius 1 is 1.20 bits per heavy atom. The molecule has 0 amide bonds. The maximum absolute atomic E-state index is 4.43. The van der Waals surface area contributed by atoms with E-state index in [9.17, 15) is 0 Å². The van der Waals surface area contributed by atoms with Gasteiger partial charge in [0.25, 0.3) is 0 Å². The molecule has 0 spiro atoms. The zero-order valence-electron chi connectivity index (χ0n) is 8.07. The van der Waals surface area contributed by atoms with Gasteiger partial charge in [0.2, 0.25) is 0 Å². The zero-order chi connectivity index (χ0) is 10.1. The van der Waals surface area contributed by atoms with Crippen LogP contribution < -0.4 is 5.32 Å². The molecule has 74 valence electrons. The SMILES string of the molecule is c1ccc2c(c1)CN=C(c1ncc[nH]1)N2. The summed E-state index contributed by atoms with van der Waals surface area (Å²) in [5.74, 6) is 1.59. The number of imidazole rings is 1. The lowest BCUT2D eigenvalue weighted by Crippen LogP contribution is -2.20.